The number of rotatable bonds is 4. The molecule has 0 unspecified atom stereocenters. The summed E-state index contributed by atoms with van der Waals surface area (Å²) in [6, 6.07) is 17.9. The van der Waals surface area contributed by atoms with E-state index in [0.717, 1.165) is 20.9 Å². The van der Waals surface area contributed by atoms with E-state index >= 15 is 0 Å². The summed E-state index contributed by atoms with van der Waals surface area (Å²) in [6.07, 6.45) is 3.85. The first-order valence-electron chi connectivity index (χ1n) is 7.26. The quantitative estimate of drug-likeness (QED) is 0.494. The van der Waals surface area contributed by atoms with Crippen molar-refractivity contribution in [3.05, 3.63) is 76.4 Å². The molecule has 3 nitrogen and oxygen atoms in total. The van der Waals surface area contributed by atoms with E-state index in [2.05, 4.69) is 26.6 Å². The minimum Gasteiger partial charge on any atom is -0.466 e. The topological polar surface area (TPSA) is 31.2 Å². The molecule has 0 saturated heterocycles. The van der Waals surface area contributed by atoms with E-state index in [4.69, 9.17) is 4.74 Å². The first-order chi connectivity index (χ1) is 11.2. The first-order valence-corrected chi connectivity index (χ1v) is 8.05. The van der Waals surface area contributed by atoms with Gasteiger partial charge in [-0.2, -0.15) is 0 Å². The number of ether oxygens (including phenoxy) is 1. The number of halogens is 1. The number of hydrogen-bond donors (Lipinski definition) is 0. The van der Waals surface area contributed by atoms with Gasteiger partial charge in [-0.1, -0.05) is 52.3 Å². The molecule has 4 heteroatoms. The van der Waals surface area contributed by atoms with Crippen LogP contribution in [0.25, 0.3) is 17.0 Å². The van der Waals surface area contributed by atoms with Crippen LogP contribution in [-0.2, 0) is 16.1 Å². The number of fused-ring (bicyclic) bond motifs is 1. The Hall–Kier alpha value is -2.33. The molecule has 0 bridgehead atoms. The predicted octanol–water partition coefficient (Wildman–Crippen LogP) is 4.66. The monoisotopic (exact) mass is 369 g/mol. The summed E-state index contributed by atoms with van der Waals surface area (Å²) in [4.78, 5) is 12.2. The van der Waals surface area contributed by atoms with Gasteiger partial charge in [0.2, 0.25) is 0 Å². The molecule has 23 heavy (non-hydrogen) atoms. The van der Waals surface area contributed by atoms with Gasteiger partial charge < -0.3 is 9.30 Å². The highest BCUT2D eigenvalue weighted by atomic mass is 79.9. The molecule has 0 atom stereocenters. The lowest BCUT2D eigenvalue weighted by atomic mass is 10.1. The summed E-state index contributed by atoms with van der Waals surface area (Å²) in [5, 5.41) is 1.15. The van der Waals surface area contributed by atoms with E-state index in [1.807, 2.05) is 60.8 Å². The van der Waals surface area contributed by atoms with E-state index in [-0.39, 0.29) is 5.97 Å². The number of benzene rings is 2. The van der Waals surface area contributed by atoms with Crippen LogP contribution in [0, 0.1) is 0 Å². The Labute approximate surface area is 143 Å². The molecule has 3 rings (SSSR count). The van der Waals surface area contributed by atoms with Gasteiger partial charge in [-0.25, -0.2) is 4.79 Å². The summed E-state index contributed by atoms with van der Waals surface area (Å²) in [7, 11) is 1.41. The van der Waals surface area contributed by atoms with Crippen LogP contribution in [0.15, 0.2) is 70.8 Å². The fourth-order valence-electron chi connectivity index (χ4n) is 2.54. The molecule has 0 spiro atoms. The molecular formula is C19H16BrNO2. The molecule has 2 aromatic carbocycles. The molecule has 0 radical (unpaired) electrons. The average Bonchev–Trinajstić information content (AvgIpc) is 2.98. The zero-order valence-corrected chi connectivity index (χ0v) is 14.3. The smallest absolute Gasteiger partial charge is 0.335 e. The molecule has 0 fully saturated rings. The van der Waals surface area contributed by atoms with Crippen molar-refractivity contribution in [2.45, 2.75) is 6.54 Å². The van der Waals surface area contributed by atoms with Crippen molar-refractivity contribution < 1.29 is 9.53 Å². The molecule has 0 amide bonds. The Bertz CT molecular complexity index is 880. The Morgan fingerprint density at radius 3 is 2.65 bits per heavy atom. The second-order valence-electron chi connectivity index (χ2n) is 5.19. The van der Waals surface area contributed by atoms with E-state index in [1.165, 1.54) is 7.11 Å². The zero-order valence-electron chi connectivity index (χ0n) is 12.7. The Balaban J connectivity index is 2.00. The molecule has 0 N–H and O–H groups in total. The number of nitrogens with zero attached hydrogens (tertiary/aromatic N) is 1. The third-order valence-corrected chi connectivity index (χ3v) is 4.43. The van der Waals surface area contributed by atoms with Crippen LogP contribution in [0.4, 0.5) is 0 Å². The van der Waals surface area contributed by atoms with E-state index < -0.39 is 0 Å². The van der Waals surface area contributed by atoms with Crippen molar-refractivity contribution in [3.8, 4) is 0 Å². The van der Waals surface area contributed by atoms with Crippen molar-refractivity contribution >= 4 is 38.9 Å². The average molecular weight is 370 g/mol. The molecule has 0 aliphatic rings. The summed E-state index contributed by atoms with van der Waals surface area (Å²) >= 11 is 3.51. The van der Waals surface area contributed by atoms with Crippen molar-refractivity contribution in [2.24, 2.45) is 0 Å². The zero-order chi connectivity index (χ0) is 16.2. The van der Waals surface area contributed by atoms with Crippen molar-refractivity contribution in [1.29, 1.82) is 0 Å². The van der Waals surface area contributed by atoms with Crippen LogP contribution in [0.1, 0.15) is 5.56 Å². The van der Waals surface area contributed by atoms with Crippen LogP contribution in [0.3, 0.4) is 0 Å². The van der Waals surface area contributed by atoms with Gasteiger partial charge in [0, 0.05) is 16.2 Å². The highest BCUT2D eigenvalue weighted by molar-refractivity contribution is 9.10. The van der Waals surface area contributed by atoms with Crippen molar-refractivity contribution in [3.63, 3.8) is 0 Å². The van der Waals surface area contributed by atoms with Gasteiger partial charge in [0.25, 0.3) is 0 Å². The van der Waals surface area contributed by atoms with Crippen molar-refractivity contribution in [1.82, 2.24) is 4.57 Å². The maximum atomic E-state index is 12.2. The summed E-state index contributed by atoms with van der Waals surface area (Å²) < 4.78 is 7.94. The minimum atomic E-state index is -0.321. The lowest BCUT2D eigenvalue weighted by molar-refractivity contribution is -0.136. The van der Waals surface area contributed by atoms with Gasteiger partial charge in [-0.3, -0.25) is 0 Å². The van der Waals surface area contributed by atoms with Gasteiger partial charge in [-0.05, 0) is 35.2 Å². The molecule has 0 aliphatic heterocycles. The van der Waals surface area contributed by atoms with Gasteiger partial charge >= 0.3 is 5.97 Å². The maximum Gasteiger partial charge on any atom is 0.335 e. The highest BCUT2D eigenvalue weighted by Gasteiger charge is 2.12. The molecule has 0 saturated carbocycles. The number of carbonyl (C=O) groups excluding carboxylic acids is 1. The lowest BCUT2D eigenvalue weighted by Crippen LogP contribution is -2.11. The minimum absolute atomic E-state index is 0.321. The molecule has 0 aliphatic carbocycles. The lowest BCUT2D eigenvalue weighted by Gasteiger charge is -2.09. The summed E-state index contributed by atoms with van der Waals surface area (Å²) in [5.74, 6) is -0.321. The van der Waals surface area contributed by atoms with Gasteiger partial charge in [-0.15, -0.1) is 0 Å². The normalized spacial score (nSPS) is 11.7. The number of hydrogen-bond acceptors (Lipinski definition) is 2. The number of carbonyl (C=O) groups is 1. The molecule has 1 heterocycles. The summed E-state index contributed by atoms with van der Waals surface area (Å²) in [5.41, 5.74) is 2.64. The van der Waals surface area contributed by atoms with E-state index in [1.54, 1.807) is 0 Å². The first kappa shape index (κ1) is 15.6. The Morgan fingerprint density at radius 1 is 1.13 bits per heavy atom. The fraction of sp³-hybridized carbons (Fsp3) is 0.105. The number of esters is 1. The molecular weight excluding hydrogens is 354 g/mol. The van der Waals surface area contributed by atoms with E-state index in [0.29, 0.717) is 12.1 Å². The van der Waals surface area contributed by atoms with Gasteiger partial charge in [0.1, 0.15) is 0 Å². The second kappa shape index (κ2) is 6.84. The largest absolute Gasteiger partial charge is 0.466 e. The van der Waals surface area contributed by atoms with Crippen LogP contribution in [0.5, 0.6) is 0 Å². The van der Waals surface area contributed by atoms with Crippen molar-refractivity contribution in [2.75, 3.05) is 7.11 Å². The molecule has 1 aromatic heterocycles. The summed E-state index contributed by atoms with van der Waals surface area (Å²) in [6.45, 7) is 0.460. The third-order valence-electron chi connectivity index (χ3n) is 3.70. The van der Waals surface area contributed by atoms with Crippen LogP contribution >= 0.6 is 15.9 Å². The third kappa shape index (κ3) is 3.37. The molecule has 3 aromatic rings. The fourth-order valence-corrected chi connectivity index (χ4v) is 2.94. The second-order valence-corrected chi connectivity index (χ2v) is 6.04. The number of aromatic nitrogens is 1. The SMILES string of the molecule is COC(=O)/C(=C/c1ccccc1Br)Cn1ccc2ccccc21. The Kier molecular flexibility index (Phi) is 4.63. The van der Waals surface area contributed by atoms with Gasteiger partial charge in [0.05, 0.1) is 19.2 Å². The van der Waals surface area contributed by atoms with E-state index in [9.17, 15) is 4.79 Å². The number of methoxy groups -OCH3 is 1. The standard InChI is InChI=1S/C19H16BrNO2/c1-23-19(22)16(12-15-7-2-4-8-17(15)20)13-21-11-10-14-6-3-5-9-18(14)21/h2-12H,13H2,1H3/b16-12+. The molecule has 116 valence electrons. The highest BCUT2D eigenvalue weighted by Crippen LogP contribution is 2.22. The van der Waals surface area contributed by atoms with Crippen LogP contribution in [0.2, 0.25) is 0 Å². The van der Waals surface area contributed by atoms with Crippen LogP contribution in [-0.4, -0.2) is 17.6 Å². The number of para-hydroxylation sites is 1. The van der Waals surface area contributed by atoms with Crippen LogP contribution < -0.4 is 0 Å². The Morgan fingerprint density at radius 2 is 1.87 bits per heavy atom. The predicted molar refractivity (Wildman–Crippen MR) is 96.1 cm³/mol. The maximum absolute atomic E-state index is 12.2. The van der Waals surface area contributed by atoms with Gasteiger partial charge in [0.15, 0.2) is 0 Å².